The van der Waals surface area contributed by atoms with E-state index < -0.39 is 13.9 Å². The number of carbonyl (C=O) groups excluding carboxylic acids is 1. The summed E-state index contributed by atoms with van der Waals surface area (Å²) in [6.07, 6.45) is 5.06. The first kappa shape index (κ1) is 18.6. The second-order valence-electron chi connectivity index (χ2n) is 7.70. The van der Waals surface area contributed by atoms with Gasteiger partial charge in [-0.2, -0.15) is 0 Å². The third-order valence-electron chi connectivity index (χ3n) is 4.63. The molecule has 0 radical (unpaired) electrons. The molecule has 0 atom stereocenters. The molecule has 0 aliphatic heterocycles. The predicted octanol–water partition coefficient (Wildman–Crippen LogP) is 5.39. The van der Waals surface area contributed by atoms with Gasteiger partial charge in [0.25, 0.3) is 0 Å². The fourth-order valence-electron chi connectivity index (χ4n) is 3.19. The number of aryl methyl sites for hydroxylation is 2. The molecule has 0 amide bonds. The maximum absolute atomic E-state index is 14.1. The topological polar surface area (TPSA) is 17.1 Å². The van der Waals surface area contributed by atoms with E-state index in [1.165, 1.54) is 28.0 Å². The quantitative estimate of drug-likeness (QED) is 0.520. The van der Waals surface area contributed by atoms with E-state index in [2.05, 4.69) is 52.2 Å². The van der Waals surface area contributed by atoms with Crippen molar-refractivity contribution in [3.05, 3.63) is 59.0 Å². The highest BCUT2D eigenvalue weighted by Crippen LogP contribution is 2.30. The van der Waals surface area contributed by atoms with Crippen LogP contribution in [-0.4, -0.2) is 13.9 Å². The Morgan fingerprint density at radius 1 is 1.04 bits per heavy atom. The zero-order chi connectivity index (χ0) is 18.1. The molecule has 0 fully saturated rings. The first-order valence-electron chi connectivity index (χ1n) is 8.52. The number of allylic oxidation sites excluding steroid dienone is 5. The van der Waals surface area contributed by atoms with Crippen molar-refractivity contribution in [3.63, 3.8) is 0 Å². The monoisotopic (exact) mass is 342 g/mol. The maximum Gasteiger partial charge on any atom is 0.165 e. The van der Waals surface area contributed by atoms with Crippen LogP contribution in [0.4, 0.5) is 4.39 Å². The lowest BCUT2D eigenvalue weighted by Crippen LogP contribution is -2.38. The van der Waals surface area contributed by atoms with Crippen molar-refractivity contribution >= 4 is 24.6 Å². The predicted molar refractivity (Wildman–Crippen MR) is 104 cm³/mol. The van der Waals surface area contributed by atoms with Crippen LogP contribution in [0.5, 0.6) is 0 Å². The lowest BCUT2D eigenvalue weighted by atomic mass is 9.92. The van der Waals surface area contributed by atoms with Crippen molar-refractivity contribution in [2.45, 2.75) is 52.8 Å². The number of rotatable bonds is 2. The molecule has 0 aromatic heterocycles. The van der Waals surface area contributed by atoms with Crippen LogP contribution in [0, 0.1) is 13.8 Å². The van der Waals surface area contributed by atoms with Gasteiger partial charge >= 0.3 is 0 Å². The Balaban J connectivity index is 2.50. The first-order valence-corrected chi connectivity index (χ1v) is 12.0. The van der Waals surface area contributed by atoms with Gasteiger partial charge in [-0.3, -0.25) is 4.79 Å². The molecule has 1 aliphatic rings. The number of hydrogen-bond donors (Lipinski definition) is 0. The Bertz CT molecular complexity index is 725. The van der Waals surface area contributed by atoms with Gasteiger partial charge in [0.15, 0.2) is 5.78 Å². The van der Waals surface area contributed by atoms with E-state index in [1.807, 2.05) is 6.08 Å². The van der Waals surface area contributed by atoms with Gasteiger partial charge in [0.2, 0.25) is 0 Å². The van der Waals surface area contributed by atoms with Gasteiger partial charge < -0.3 is 0 Å². The van der Waals surface area contributed by atoms with Gasteiger partial charge in [0.1, 0.15) is 5.83 Å². The summed E-state index contributed by atoms with van der Waals surface area (Å²) in [5.74, 6) is -0.714. The largest absolute Gasteiger partial charge is 0.294 e. The Labute approximate surface area is 146 Å². The average molecular weight is 343 g/mol. The second-order valence-corrected chi connectivity index (χ2v) is 12.8. The molecule has 0 unspecified atom stereocenters. The zero-order valence-corrected chi connectivity index (χ0v) is 16.4. The highest BCUT2D eigenvalue weighted by molar-refractivity contribution is 6.88. The van der Waals surface area contributed by atoms with Crippen molar-refractivity contribution in [1.29, 1.82) is 0 Å². The van der Waals surface area contributed by atoms with Crippen LogP contribution < -0.4 is 5.19 Å². The molecule has 1 aromatic carbocycles. The van der Waals surface area contributed by atoms with Crippen LogP contribution in [0.15, 0.2) is 42.3 Å². The van der Waals surface area contributed by atoms with Gasteiger partial charge in [-0.1, -0.05) is 49.6 Å². The summed E-state index contributed by atoms with van der Waals surface area (Å²) in [5, 5.41) is 1.44. The van der Waals surface area contributed by atoms with E-state index in [0.29, 0.717) is 6.42 Å². The summed E-state index contributed by atoms with van der Waals surface area (Å²) in [5.41, 5.74) is 4.76. The number of benzene rings is 1. The Hall–Kier alpha value is -1.74. The maximum atomic E-state index is 14.1. The summed E-state index contributed by atoms with van der Waals surface area (Å²) in [4.78, 5) is 11.9. The van der Waals surface area contributed by atoms with Gasteiger partial charge in [-0.15, -0.1) is 0 Å². The number of carbonyl (C=O) groups is 1. The third-order valence-corrected chi connectivity index (χ3v) is 6.65. The van der Waals surface area contributed by atoms with E-state index in [9.17, 15) is 9.18 Å². The summed E-state index contributed by atoms with van der Waals surface area (Å²) < 4.78 is 14.1. The highest BCUT2D eigenvalue weighted by Gasteiger charge is 2.20. The second kappa shape index (κ2) is 7.02. The summed E-state index contributed by atoms with van der Waals surface area (Å²) in [7, 11) is -1.37. The van der Waals surface area contributed by atoms with Crippen LogP contribution in [0.2, 0.25) is 19.6 Å². The molecule has 128 valence electrons. The van der Waals surface area contributed by atoms with Gasteiger partial charge in [0, 0.05) is 12.0 Å². The molecule has 0 spiro atoms. The van der Waals surface area contributed by atoms with Crippen molar-refractivity contribution in [2.75, 3.05) is 0 Å². The van der Waals surface area contributed by atoms with Gasteiger partial charge in [0.05, 0.1) is 8.07 Å². The molecule has 0 heterocycles. The smallest absolute Gasteiger partial charge is 0.165 e. The van der Waals surface area contributed by atoms with E-state index >= 15 is 0 Å². The standard InChI is InChI=1S/C21H27FOSi/c1-14-12-18(24(4,5)6)13-15(2)21(14)17-8-7-9-20(23)16(3)19(22)11-10-17/h10-13H,3,7-9H2,1-2,4-6H3/b17-10+,19-11+. The lowest BCUT2D eigenvalue weighted by Gasteiger charge is -2.22. The molecular weight excluding hydrogens is 315 g/mol. The summed E-state index contributed by atoms with van der Waals surface area (Å²) in [6, 6.07) is 4.57. The van der Waals surface area contributed by atoms with Crippen LogP contribution in [-0.2, 0) is 4.79 Å². The Morgan fingerprint density at radius 2 is 1.62 bits per heavy atom. The zero-order valence-electron chi connectivity index (χ0n) is 15.4. The van der Waals surface area contributed by atoms with Crippen molar-refractivity contribution < 1.29 is 9.18 Å². The van der Waals surface area contributed by atoms with Crippen molar-refractivity contribution in [2.24, 2.45) is 0 Å². The van der Waals surface area contributed by atoms with E-state index in [-0.39, 0.29) is 11.4 Å². The molecular formula is C21H27FOSi. The molecule has 2 rings (SSSR count). The molecule has 24 heavy (non-hydrogen) atoms. The molecule has 0 bridgehead atoms. The van der Waals surface area contributed by atoms with E-state index in [0.717, 1.165) is 18.4 Å². The van der Waals surface area contributed by atoms with E-state index in [1.54, 1.807) is 0 Å². The average Bonchev–Trinajstić information content (AvgIpc) is 2.53. The molecule has 0 saturated carbocycles. The van der Waals surface area contributed by atoms with Crippen molar-refractivity contribution in [1.82, 2.24) is 0 Å². The van der Waals surface area contributed by atoms with Crippen LogP contribution in [0.3, 0.4) is 0 Å². The number of Topliss-reactive ketones (excluding diaryl/α,β-unsaturated/α-hetero) is 1. The summed E-state index contributed by atoms with van der Waals surface area (Å²) >= 11 is 0. The highest BCUT2D eigenvalue weighted by atomic mass is 28.3. The number of hydrogen-bond acceptors (Lipinski definition) is 1. The SMILES string of the molecule is C=C1C(=O)CCC/C(c2c(C)cc([Si](C)(C)C)cc2C)=C\C=C/1F. The number of halogens is 1. The fraction of sp³-hybridized carbons (Fsp3) is 0.381. The first-order chi connectivity index (χ1) is 11.1. The van der Waals surface area contributed by atoms with Crippen LogP contribution in [0.25, 0.3) is 5.57 Å². The summed E-state index contributed by atoms with van der Waals surface area (Å²) in [6.45, 7) is 14.9. The van der Waals surface area contributed by atoms with Gasteiger partial charge in [-0.25, -0.2) is 4.39 Å². The Kier molecular flexibility index (Phi) is 5.44. The normalized spacial score (nSPS) is 21.2. The Morgan fingerprint density at radius 3 is 2.17 bits per heavy atom. The molecule has 1 aliphatic carbocycles. The third kappa shape index (κ3) is 4.01. The van der Waals surface area contributed by atoms with Crippen LogP contribution >= 0.6 is 0 Å². The van der Waals surface area contributed by atoms with Gasteiger partial charge in [-0.05, 0) is 55.0 Å². The van der Waals surface area contributed by atoms with Crippen molar-refractivity contribution in [3.8, 4) is 0 Å². The number of ketones is 1. The molecule has 3 heteroatoms. The minimum atomic E-state index is -1.37. The minimum absolute atomic E-state index is 0.00461. The molecule has 0 N–H and O–H groups in total. The molecule has 0 saturated heterocycles. The molecule has 1 nitrogen and oxygen atoms in total. The van der Waals surface area contributed by atoms with E-state index in [4.69, 9.17) is 0 Å². The van der Waals surface area contributed by atoms with Crippen LogP contribution in [0.1, 0.15) is 36.0 Å². The molecule has 1 aromatic rings. The minimum Gasteiger partial charge on any atom is -0.294 e. The lowest BCUT2D eigenvalue weighted by molar-refractivity contribution is -0.115. The fourth-order valence-corrected chi connectivity index (χ4v) is 4.49.